The average Bonchev–Trinajstić information content (AvgIpc) is 2.89. The summed E-state index contributed by atoms with van der Waals surface area (Å²) in [6.07, 6.45) is 14.2. The van der Waals surface area contributed by atoms with E-state index in [9.17, 15) is 9.18 Å². The van der Waals surface area contributed by atoms with Crippen molar-refractivity contribution in [3.63, 3.8) is 0 Å². The number of aromatic nitrogens is 3. The first-order chi connectivity index (χ1) is 11.3. The monoisotopic (exact) mass is 324 g/mol. The van der Waals surface area contributed by atoms with Crippen molar-refractivity contribution in [3.05, 3.63) is 28.7 Å². The SMILES string of the molecule is NC/C(=C\F)Cn1ncn(C2CCCCCCCCCC2)c1=O. The Hall–Kier alpha value is -1.43. The normalized spacial score (nSPS) is 19.5. The number of nitrogens with two attached hydrogens (primary N) is 1. The topological polar surface area (TPSA) is 65.8 Å². The molecule has 6 heteroatoms. The number of hydrogen-bond donors (Lipinski definition) is 1. The second-order valence-corrected chi connectivity index (χ2v) is 6.51. The Balaban J connectivity index is 2.08. The van der Waals surface area contributed by atoms with Crippen molar-refractivity contribution in [1.29, 1.82) is 0 Å². The zero-order chi connectivity index (χ0) is 16.5. The van der Waals surface area contributed by atoms with Crippen LogP contribution in [0.5, 0.6) is 0 Å². The molecule has 0 atom stereocenters. The lowest BCUT2D eigenvalue weighted by atomic mass is 10.0. The molecule has 0 saturated heterocycles. The largest absolute Gasteiger partial charge is 0.346 e. The van der Waals surface area contributed by atoms with Gasteiger partial charge in [0.1, 0.15) is 6.33 Å². The third-order valence-electron chi connectivity index (χ3n) is 4.74. The molecule has 1 aliphatic carbocycles. The Labute approximate surface area is 137 Å². The minimum atomic E-state index is -0.155. The molecule has 1 aromatic heterocycles. The van der Waals surface area contributed by atoms with Crippen LogP contribution in [0.2, 0.25) is 0 Å². The molecule has 2 rings (SSSR count). The summed E-state index contributed by atoms with van der Waals surface area (Å²) in [6, 6.07) is 0.213. The molecule has 0 spiro atoms. The molecular weight excluding hydrogens is 295 g/mol. The maximum absolute atomic E-state index is 12.7. The number of rotatable bonds is 4. The van der Waals surface area contributed by atoms with Gasteiger partial charge in [-0.3, -0.25) is 4.57 Å². The number of halogens is 1. The zero-order valence-electron chi connectivity index (χ0n) is 13.9. The first kappa shape index (κ1) is 17.9. The molecule has 5 nitrogen and oxygen atoms in total. The highest BCUT2D eigenvalue weighted by atomic mass is 19.1. The summed E-state index contributed by atoms with van der Waals surface area (Å²) in [5, 5.41) is 4.15. The third kappa shape index (κ3) is 5.30. The van der Waals surface area contributed by atoms with E-state index in [1.165, 1.54) is 43.2 Å². The maximum atomic E-state index is 12.7. The number of nitrogens with zero attached hydrogens (tertiary/aromatic N) is 3. The Morgan fingerprint density at radius 2 is 1.74 bits per heavy atom. The fourth-order valence-corrected chi connectivity index (χ4v) is 3.29. The molecule has 0 amide bonds. The molecule has 2 N–H and O–H groups in total. The molecule has 0 aromatic carbocycles. The highest BCUT2D eigenvalue weighted by Gasteiger charge is 2.16. The van der Waals surface area contributed by atoms with E-state index >= 15 is 0 Å². The van der Waals surface area contributed by atoms with Gasteiger partial charge in [0, 0.05) is 12.6 Å². The van der Waals surface area contributed by atoms with E-state index in [4.69, 9.17) is 5.73 Å². The Kier molecular flexibility index (Phi) is 7.52. The van der Waals surface area contributed by atoms with Crippen LogP contribution in [0.1, 0.15) is 70.3 Å². The summed E-state index contributed by atoms with van der Waals surface area (Å²) in [5.74, 6) is 0. The molecule has 130 valence electrons. The molecule has 1 saturated carbocycles. The van der Waals surface area contributed by atoms with Crippen molar-refractivity contribution in [1.82, 2.24) is 14.3 Å². The molecule has 23 heavy (non-hydrogen) atoms. The summed E-state index contributed by atoms with van der Waals surface area (Å²) >= 11 is 0. The molecule has 1 aliphatic rings. The van der Waals surface area contributed by atoms with Crippen LogP contribution in [-0.2, 0) is 6.54 Å². The molecular formula is C17H29FN4O. The molecule has 1 heterocycles. The highest BCUT2D eigenvalue weighted by molar-refractivity contribution is 4.99. The Morgan fingerprint density at radius 3 is 2.26 bits per heavy atom. The molecule has 1 aromatic rings. The van der Waals surface area contributed by atoms with Crippen LogP contribution in [-0.4, -0.2) is 20.9 Å². The summed E-state index contributed by atoms with van der Waals surface area (Å²) < 4.78 is 15.7. The van der Waals surface area contributed by atoms with Gasteiger partial charge in [-0.15, -0.1) is 0 Å². The quantitative estimate of drug-likeness (QED) is 0.924. The van der Waals surface area contributed by atoms with Gasteiger partial charge in [-0.25, -0.2) is 13.9 Å². The Bertz CT molecular complexity index is 537. The second kappa shape index (κ2) is 9.65. The van der Waals surface area contributed by atoms with Gasteiger partial charge < -0.3 is 5.73 Å². The second-order valence-electron chi connectivity index (χ2n) is 6.51. The van der Waals surface area contributed by atoms with Crippen molar-refractivity contribution in [2.75, 3.05) is 6.54 Å². The first-order valence-electron chi connectivity index (χ1n) is 8.88. The number of hydrogen-bond acceptors (Lipinski definition) is 3. The smallest absolute Gasteiger partial charge is 0.327 e. The fourth-order valence-electron chi connectivity index (χ4n) is 3.29. The fraction of sp³-hybridized carbons (Fsp3) is 0.765. The van der Waals surface area contributed by atoms with Gasteiger partial charge in [0.15, 0.2) is 0 Å². The van der Waals surface area contributed by atoms with E-state index in [0.29, 0.717) is 11.9 Å². The van der Waals surface area contributed by atoms with Gasteiger partial charge in [0.05, 0.1) is 12.9 Å². The minimum Gasteiger partial charge on any atom is -0.327 e. The van der Waals surface area contributed by atoms with Gasteiger partial charge in [-0.05, 0) is 18.4 Å². The summed E-state index contributed by atoms with van der Waals surface area (Å²) in [5.41, 5.74) is 5.68. The van der Waals surface area contributed by atoms with Crippen molar-refractivity contribution in [3.8, 4) is 0 Å². The molecule has 0 radical (unpaired) electrons. The third-order valence-corrected chi connectivity index (χ3v) is 4.74. The van der Waals surface area contributed by atoms with Crippen molar-refractivity contribution >= 4 is 0 Å². The van der Waals surface area contributed by atoms with E-state index in [1.54, 1.807) is 10.9 Å². The van der Waals surface area contributed by atoms with Crippen molar-refractivity contribution in [2.24, 2.45) is 5.73 Å². The predicted molar refractivity (Wildman–Crippen MR) is 89.9 cm³/mol. The van der Waals surface area contributed by atoms with Crippen LogP contribution in [0.3, 0.4) is 0 Å². The van der Waals surface area contributed by atoms with Gasteiger partial charge in [0.2, 0.25) is 0 Å². The summed E-state index contributed by atoms with van der Waals surface area (Å²) in [7, 11) is 0. The lowest BCUT2D eigenvalue weighted by Gasteiger charge is -2.16. The molecule has 1 fully saturated rings. The maximum Gasteiger partial charge on any atom is 0.346 e. The highest BCUT2D eigenvalue weighted by Crippen LogP contribution is 2.23. The van der Waals surface area contributed by atoms with Gasteiger partial charge in [0.25, 0.3) is 0 Å². The van der Waals surface area contributed by atoms with Crippen molar-refractivity contribution < 1.29 is 4.39 Å². The van der Waals surface area contributed by atoms with Gasteiger partial charge >= 0.3 is 5.69 Å². The summed E-state index contributed by atoms with van der Waals surface area (Å²) in [4.78, 5) is 12.5. The predicted octanol–water partition coefficient (Wildman–Crippen LogP) is 3.31. The van der Waals surface area contributed by atoms with E-state index in [2.05, 4.69) is 5.10 Å². The van der Waals surface area contributed by atoms with Crippen LogP contribution < -0.4 is 11.4 Å². The lowest BCUT2D eigenvalue weighted by Crippen LogP contribution is -2.29. The summed E-state index contributed by atoms with van der Waals surface area (Å²) in [6.45, 7) is 0.227. The Morgan fingerprint density at radius 1 is 1.17 bits per heavy atom. The lowest BCUT2D eigenvalue weighted by molar-refractivity contribution is 0.391. The van der Waals surface area contributed by atoms with E-state index in [-0.39, 0.29) is 24.8 Å². The van der Waals surface area contributed by atoms with Crippen LogP contribution in [0.25, 0.3) is 0 Å². The van der Waals surface area contributed by atoms with Crippen LogP contribution in [0.15, 0.2) is 23.0 Å². The van der Waals surface area contributed by atoms with Gasteiger partial charge in [-0.2, -0.15) is 5.10 Å². The van der Waals surface area contributed by atoms with Gasteiger partial charge in [-0.1, -0.05) is 51.4 Å². The standard InChI is InChI=1S/C17H29FN4O/c18-11-15(12-19)13-22-17(23)21(14-20-22)16-9-7-5-3-1-2-4-6-8-10-16/h11,14,16H,1-10,12-13,19H2/b15-11+. The minimum absolute atomic E-state index is 0.0965. The zero-order valence-corrected chi connectivity index (χ0v) is 13.9. The molecule has 0 bridgehead atoms. The van der Waals surface area contributed by atoms with Crippen LogP contribution >= 0.6 is 0 Å². The average molecular weight is 324 g/mol. The van der Waals surface area contributed by atoms with Crippen molar-refractivity contribution in [2.45, 2.75) is 76.8 Å². The van der Waals surface area contributed by atoms with E-state index < -0.39 is 0 Å². The van der Waals surface area contributed by atoms with E-state index in [1.807, 2.05) is 0 Å². The van der Waals surface area contributed by atoms with E-state index in [0.717, 1.165) is 25.7 Å². The van der Waals surface area contributed by atoms with Crippen LogP contribution in [0.4, 0.5) is 4.39 Å². The van der Waals surface area contributed by atoms with Crippen LogP contribution in [0, 0.1) is 0 Å². The molecule has 0 aliphatic heterocycles. The molecule has 0 unspecified atom stereocenters. The first-order valence-corrected chi connectivity index (χ1v) is 8.88.